The van der Waals surface area contributed by atoms with E-state index in [1.807, 2.05) is 6.07 Å². The van der Waals surface area contributed by atoms with Crippen LogP contribution in [0.15, 0.2) is 42.6 Å². The second-order valence-corrected chi connectivity index (χ2v) is 3.79. The number of carbonyl (C=O) groups excluding carboxylic acids is 1. The minimum Gasteiger partial charge on any atom is -0.371 e. The van der Waals surface area contributed by atoms with Gasteiger partial charge in [-0.3, -0.25) is 4.79 Å². The van der Waals surface area contributed by atoms with Crippen molar-refractivity contribution in [3.05, 3.63) is 53.9 Å². The predicted octanol–water partition coefficient (Wildman–Crippen LogP) is 1.20. The van der Waals surface area contributed by atoms with E-state index in [0.717, 1.165) is 0 Å². The summed E-state index contributed by atoms with van der Waals surface area (Å²) in [5, 5.41) is 13.2. The minimum absolute atomic E-state index is 0.420. The summed E-state index contributed by atoms with van der Waals surface area (Å²) in [7, 11) is 0. The molecule has 1 aromatic carbocycles. The highest BCUT2D eigenvalue weighted by Gasteiger charge is 2.47. The van der Waals surface area contributed by atoms with E-state index < -0.39 is 11.5 Å². The summed E-state index contributed by atoms with van der Waals surface area (Å²) in [6.07, 6.45) is 1.68. The Morgan fingerprint density at radius 2 is 1.94 bits per heavy atom. The van der Waals surface area contributed by atoms with Gasteiger partial charge in [0, 0.05) is 17.4 Å². The number of rotatable bonds is 1. The first kappa shape index (κ1) is 9.18. The van der Waals surface area contributed by atoms with Gasteiger partial charge in [-0.1, -0.05) is 18.2 Å². The molecule has 4 nitrogen and oxygen atoms in total. The van der Waals surface area contributed by atoms with Crippen LogP contribution >= 0.6 is 0 Å². The fourth-order valence-electron chi connectivity index (χ4n) is 2.07. The average Bonchev–Trinajstić information content (AvgIpc) is 2.89. The Labute approximate surface area is 91.9 Å². The molecule has 2 aromatic rings. The molecule has 0 saturated heterocycles. The second-order valence-electron chi connectivity index (χ2n) is 3.79. The van der Waals surface area contributed by atoms with Gasteiger partial charge in [-0.2, -0.15) is 0 Å². The number of amides is 1. The third-order valence-electron chi connectivity index (χ3n) is 2.88. The monoisotopic (exact) mass is 214 g/mol. The second kappa shape index (κ2) is 2.96. The van der Waals surface area contributed by atoms with Gasteiger partial charge in [0.2, 0.25) is 5.60 Å². The largest absolute Gasteiger partial charge is 0.371 e. The van der Waals surface area contributed by atoms with E-state index >= 15 is 0 Å². The summed E-state index contributed by atoms with van der Waals surface area (Å²) in [5.74, 6) is -0.420. The molecule has 0 bridgehead atoms. The summed E-state index contributed by atoms with van der Waals surface area (Å²) in [6.45, 7) is 0. The molecule has 3 rings (SSSR count). The number of nitrogens with one attached hydrogen (secondary N) is 2. The SMILES string of the molecule is O=C1Nc2ccccc2[C@]1(O)c1ccc[nH]1. The van der Waals surface area contributed by atoms with Gasteiger partial charge in [-0.05, 0) is 18.2 Å². The number of carbonyl (C=O) groups is 1. The molecule has 3 N–H and O–H groups in total. The van der Waals surface area contributed by atoms with Crippen LogP contribution in [-0.2, 0) is 10.4 Å². The molecule has 16 heavy (non-hydrogen) atoms. The van der Waals surface area contributed by atoms with Gasteiger partial charge in [0.15, 0.2) is 0 Å². The van der Waals surface area contributed by atoms with Crippen molar-refractivity contribution in [2.75, 3.05) is 5.32 Å². The zero-order valence-corrected chi connectivity index (χ0v) is 8.40. The Kier molecular flexibility index (Phi) is 1.70. The minimum atomic E-state index is -1.60. The molecule has 4 heteroatoms. The first-order valence-electron chi connectivity index (χ1n) is 5.00. The molecular weight excluding hydrogens is 204 g/mol. The molecule has 2 heterocycles. The topological polar surface area (TPSA) is 65.1 Å². The number of H-pyrrole nitrogens is 1. The molecule has 0 aliphatic carbocycles. The van der Waals surface area contributed by atoms with Crippen molar-refractivity contribution in [3.8, 4) is 0 Å². The normalized spacial score (nSPS) is 22.9. The molecule has 1 amide bonds. The van der Waals surface area contributed by atoms with Crippen molar-refractivity contribution in [2.24, 2.45) is 0 Å². The lowest BCUT2D eigenvalue weighted by Gasteiger charge is -2.19. The summed E-state index contributed by atoms with van der Waals surface area (Å²) >= 11 is 0. The van der Waals surface area contributed by atoms with Crippen LogP contribution in [0.3, 0.4) is 0 Å². The highest BCUT2D eigenvalue weighted by Crippen LogP contribution is 2.39. The molecule has 0 saturated carbocycles. The smallest absolute Gasteiger partial charge is 0.267 e. The van der Waals surface area contributed by atoms with Crippen LogP contribution in [0.25, 0.3) is 0 Å². The number of hydrogen-bond acceptors (Lipinski definition) is 2. The first-order chi connectivity index (χ1) is 7.73. The molecule has 1 atom stereocenters. The van der Waals surface area contributed by atoms with E-state index in [1.54, 1.807) is 36.5 Å². The van der Waals surface area contributed by atoms with E-state index in [0.29, 0.717) is 16.9 Å². The van der Waals surface area contributed by atoms with Gasteiger partial charge in [0.05, 0.1) is 5.69 Å². The predicted molar refractivity (Wildman–Crippen MR) is 58.9 cm³/mol. The number of fused-ring (bicyclic) bond motifs is 1. The van der Waals surface area contributed by atoms with Crippen molar-refractivity contribution in [2.45, 2.75) is 5.60 Å². The van der Waals surface area contributed by atoms with Crippen LogP contribution in [-0.4, -0.2) is 16.0 Å². The van der Waals surface area contributed by atoms with Gasteiger partial charge in [-0.25, -0.2) is 0 Å². The Morgan fingerprint density at radius 3 is 2.69 bits per heavy atom. The van der Waals surface area contributed by atoms with Crippen LogP contribution in [0.4, 0.5) is 5.69 Å². The molecule has 1 aromatic heterocycles. The van der Waals surface area contributed by atoms with Crippen molar-refractivity contribution < 1.29 is 9.90 Å². The Bertz CT molecular complexity index is 548. The molecular formula is C12H10N2O2. The summed E-state index contributed by atoms with van der Waals surface area (Å²) in [4.78, 5) is 14.8. The van der Waals surface area contributed by atoms with Crippen molar-refractivity contribution in [1.82, 2.24) is 4.98 Å². The maximum absolute atomic E-state index is 11.9. The summed E-state index contributed by atoms with van der Waals surface area (Å²) in [6, 6.07) is 10.6. The molecule has 80 valence electrons. The van der Waals surface area contributed by atoms with Crippen LogP contribution in [0, 0.1) is 0 Å². The zero-order chi connectivity index (χ0) is 11.2. The first-order valence-corrected chi connectivity index (χ1v) is 5.00. The number of benzene rings is 1. The Hall–Kier alpha value is -2.07. The molecule has 0 radical (unpaired) electrons. The van der Waals surface area contributed by atoms with Crippen LogP contribution in [0.2, 0.25) is 0 Å². The number of anilines is 1. The van der Waals surface area contributed by atoms with Crippen molar-refractivity contribution in [3.63, 3.8) is 0 Å². The number of aliphatic hydroxyl groups is 1. The Morgan fingerprint density at radius 1 is 1.12 bits per heavy atom. The van der Waals surface area contributed by atoms with Gasteiger partial charge in [0.25, 0.3) is 5.91 Å². The van der Waals surface area contributed by atoms with Gasteiger partial charge >= 0.3 is 0 Å². The fraction of sp³-hybridized carbons (Fsp3) is 0.0833. The fourth-order valence-corrected chi connectivity index (χ4v) is 2.07. The third kappa shape index (κ3) is 0.991. The zero-order valence-electron chi connectivity index (χ0n) is 8.40. The van der Waals surface area contributed by atoms with E-state index in [4.69, 9.17) is 0 Å². The number of aromatic amines is 1. The van der Waals surface area contributed by atoms with Gasteiger partial charge < -0.3 is 15.4 Å². The number of aromatic nitrogens is 1. The van der Waals surface area contributed by atoms with Crippen LogP contribution in [0.1, 0.15) is 11.3 Å². The van der Waals surface area contributed by atoms with E-state index in [-0.39, 0.29) is 0 Å². The summed E-state index contributed by atoms with van der Waals surface area (Å²) < 4.78 is 0. The highest BCUT2D eigenvalue weighted by molar-refractivity contribution is 6.06. The Balaban J connectivity index is 2.25. The number of para-hydroxylation sites is 1. The lowest BCUT2D eigenvalue weighted by molar-refractivity contribution is -0.130. The summed E-state index contributed by atoms with van der Waals surface area (Å²) in [5.41, 5.74) is 0.127. The van der Waals surface area contributed by atoms with Crippen molar-refractivity contribution in [1.29, 1.82) is 0 Å². The highest BCUT2D eigenvalue weighted by atomic mass is 16.3. The van der Waals surface area contributed by atoms with Gasteiger partial charge in [-0.15, -0.1) is 0 Å². The van der Waals surface area contributed by atoms with Crippen LogP contribution in [0.5, 0.6) is 0 Å². The van der Waals surface area contributed by atoms with Gasteiger partial charge in [0.1, 0.15) is 0 Å². The van der Waals surface area contributed by atoms with E-state index in [1.165, 1.54) is 0 Å². The van der Waals surface area contributed by atoms with E-state index in [9.17, 15) is 9.90 Å². The molecule has 0 fully saturated rings. The molecule has 0 spiro atoms. The van der Waals surface area contributed by atoms with Crippen molar-refractivity contribution >= 4 is 11.6 Å². The number of hydrogen-bond donors (Lipinski definition) is 3. The third-order valence-corrected chi connectivity index (χ3v) is 2.88. The molecule has 1 aliphatic heterocycles. The standard InChI is InChI=1S/C12H10N2O2/c15-11-12(16,10-6-3-7-13-10)8-4-1-2-5-9(8)14-11/h1-7,13,16H,(H,14,15)/t12-/m0/s1. The van der Waals surface area contributed by atoms with E-state index in [2.05, 4.69) is 10.3 Å². The molecule has 0 unspecified atom stereocenters. The van der Waals surface area contributed by atoms with Crippen LogP contribution < -0.4 is 5.32 Å². The lowest BCUT2D eigenvalue weighted by Crippen LogP contribution is -2.35. The lowest BCUT2D eigenvalue weighted by atomic mass is 9.92. The molecule has 1 aliphatic rings. The quantitative estimate of drug-likeness (QED) is 0.667. The average molecular weight is 214 g/mol. The maximum atomic E-state index is 11.9. The maximum Gasteiger partial charge on any atom is 0.267 e.